The van der Waals surface area contributed by atoms with Crippen LogP contribution in [-0.2, 0) is 19.1 Å². The highest BCUT2D eigenvalue weighted by Crippen LogP contribution is 2.23. The van der Waals surface area contributed by atoms with Crippen LogP contribution in [0.1, 0.15) is 12.0 Å². The van der Waals surface area contributed by atoms with E-state index in [-0.39, 0.29) is 37.3 Å². The predicted molar refractivity (Wildman–Crippen MR) is 125 cm³/mol. The number of morpholine rings is 1. The lowest BCUT2D eigenvalue weighted by atomic mass is 10.1. The minimum atomic E-state index is -0.789. The quantitative estimate of drug-likeness (QED) is 0.655. The Bertz CT molecular complexity index is 1050. The number of halogens is 1. The van der Waals surface area contributed by atoms with Gasteiger partial charge in [-0.2, -0.15) is 0 Å². The first kappa shape index (κ1) is 23.0. The number of amides is 3. The van der Waals surface area contributed by atoms with Crippen LogP contribution in [-0.4, -0.2) is 66.2 Å². The molecule has 0 aliphatic carbocycles. The fourth-order valence-electron chi connectivity index (χ4n) is 3.88. The molecule has 4 rings (SSSR count). The molecule has 3 amide bonds. The lowest BCUT2D eigenvalue weighted by molar-refractivity contribution is -0.132. The van der Waals surface area contributed by atoms with Gasteiger partial charge in [-0.3, -0.25) is 14.4 Å². The monoisotopic (exact) mass is 469 g/mol. The number of carbonyl (C=O) groups is 3. The molecule has 0 saturated carbocycles. The van der Waals surface area contributed by atoms with Crippen molar-refractivity contribution in [3.63, 3.8) is 0 Å². The Kier molecular flexibility index (Phi) is 7.08. The van der Waals surface area contributed by atoms with Gasteiger partial charge in [-0.05, 0) is 48.0 Å². The normalized spacial score (nSPS) is 21.0. The summed E-state index contributed by atoms with van der Waals surface area (Å²) >= 11 is 5.88. The third-order valence-corrected chi connectivity index (χ3v) is 5.84. The second-order valence-electron chi connectivity index (χ2n) is 7.91. The van der Waals surface area contributed by atoms with Crippen molar-refractivity contribution in [2.75, 3.05) is 36.5 Å². The number of anilines is 2. The molecule has 0 aromatic heterocycles. The van der Waals surface area contributed by atoms with E-state index in [1.807, 2.05) is 0 Å². The highest BCUT2D eigenvalue weighted by atomic mass is 35.5. The number of likely N-dealkylation sites (tertiary alicyclic amines) is 1. The number of carbonyl (C=O) groups excluding carboxylic acids is 3. The Hall–Kier alpha value is -3.20. The van der Waals surface area contributed by atoms with Gasteiger partial charge < -0.3 is 25.0 Å². The lowest BCUT2D eigenvalue weighted by Gasteiger charge is -2.27. The summed E-state index contributed by atoms with van der Waals surface area (Å²) < 4.78 is 5.14. The third-order valence-electron chi connectivity index (χ3n) is 5.59. The van der Waals surface area contributed by atoms with Crippen molar-refractivity contribution in [2.24, 2.45) is 0 Å². The SMILES string of the molecule is O=C(Nc1ccc(N2CCOCC2=O)cc1)[C@H]1C[C@@H](O)CN1C(=O)C=Cc1ccc(Cl)cc1. The van der Waals surface area contributed by atoms with E-state index in [2.05, 4.69) is 5.32 Å². The molecule has 2 heterocycles. The molecule has 0 radical (unpaired) electrons. The van der Waals surface area contributed by atoms with Crippen LogP contribution in [0, 0.1) is 0 Å². The molecular weight excluding hydrogens is 446 g/mol. The maximum absolute atomic E-state index is 12.9. The van der Waals surface area contributed by atoms with Gasteiger partial charge in [0.15, 0.2) is 0 Å². The molecule has 33 heavy (non-hydrogen) atoms. The Morgan fingerprint density at radius 2 is 1.85 bits per heavy atom. The zero-order chi connectivity index (χ0) is 23.4. The van der Waals surface area contributed by atoms with E-state index in [9.17, 15) is 19.5 Å². The molecule has 9 heteroatoms. The average molecular weight is 470 g/mol. The zero-order valence-corrected chi connectivity index (χ0v) is 18.6. The predicted octanol–water partition coefficient (Wildman–Crippen LogP) is 2.32. The molecule has 172 valence electrons. The van der Waals surface area contributed by atoms with Crippen molar-refractivity contribution in [3.05, 3.63) is 65.2 Å². The Balaban J connectivity index is 1.40. The van der Waals surface area contributed by atoms with E-state index >= 15 is 0 Å². The first-order chi connectivity index (χ1) is 15.9. The topological polar surface area (TPSA) is 99.2 Å². The van der Waals surface area contributed by atoms with Crippen LogP contribution in [0.25, 0.3) is 6.08 Å². The molecule has 2 aromatic rings. The molecule has 2 fully saturated rings. The summed E-state index contributed by atoms with van der Waals surface area (Å²) in [7, 11) is 0. The van der Waals surface area contributed by atoms with Crippen LogP contribution in [0.4, 0.5) is 11.4 Å². The molecule has 2 atom stereocenters. The Morgan fingerprint density at radius 3 is 2.55 bits per heavy atom. The summed E-state index contributed by atoms with van der Waals surface area (Å²) in [5, 5.41) is 13.5. The van der Waals surface area contributed by atoms with E-state index in [0.29, 0.717) is 23.9 Å². The van der Waals surface area contributed by atoms with Crippen LogP contribution >= 0.6 is 11.6 Å². The van der Waals surface area contributed by atoms with Crippen molar-refractivity contribution in [2.45, 2.75) is 18.6 Å². The second kappa shape index (κ2) is 10.2. The first-order valence-electron chi connectivity index (χ1n) is 10.6. The van der Waals surface area contributed by atoms with Crippen molar-refractivity contribution in [1.82, 2.24) is 4.90 Å². The van der Waals surface area contributed by atoms with E-state index in [0.717, 1.165) is 11.3 Å². The third kappa shape index (κ3) is 5.60. The Labute approximate surface area is 196 Å². The van der Waals surface area contributed by atoms with Gasteiger partial charge in [0.25, 0.3) is 5.91 Å². The number of hydrogen-bond donors (Lipinski definition) is 2. The molecule has 0 unspecified atom stereocenters. The van der Waals surface area contributed by atoms with Crippen molar-refractivity contribution in [3.8, 4) is 0 Å². The summed E-state index contributed by atoms with van der Waals surface area (Å²) in [6.45, 7) is 1.09. The van der Waals surface area contributed by atoms with Gasteiger partial charge in [-0.25, -0.2) is 0 Å². The fourth-order valence-corrected chi connectivity index (χ4v) is 4.01. The standard InChI is InChI=1S/C24H24ClN3O5/c25-17-4-1-16(2-5-17)3-10-22(30)28-14-20(29)13-21(28)24(32)26-18-6-8-19(9-7-18)27-11-12-33-15-23(27)31/h1-10,20-21,29H,11-15H2,(H,26,32)/t20-,21-/m1/s1. The van der Waals surface area contributed by atoms with Crippen molar-refractivity contribution in [1.29, 1.82) is 0 Å². The van der Waals surface area contributed by atoms with E-state index in [1.165, 1.54) is 11.0 Å². The number of nitrogens with one attached hydrogen (secondary N) is 1. The van der Waals surface area contributed by atoms with Crippen molar-refractivity contribution >= 4 is 46.8 Å². The summed E-state index contributed by atoms with van der Waals surface area (Å²) in [5.41, 5.74) is 2.06. The summed E-state index contributed by atoms with van der Waals surface area (Å²) in [6.07, 6.45) is 2.41. The van der Waals surface area contributed by atoms with Crippen molar-refractivity contribution < 1.29 is 24.2 Å². The van der Waals surface area contributed by atoms with Gasteiger partial charge in [-0.15, -0.1) is 0 Å². The summed E-state index contributed by atoms with van der Waals surface area (Å²) in [5.74, 6) is -0.850. The van der Waals surface area contributed by atoms with Gasteiger partial charge in [0.1, 0.15) is 12.6 Å². The van der Waals surface area contributed by atoms with Gasteiger partial charge in [0, 0.05) is 42.0 Å². The molecule has 2 N–H and O–H groups in total. The van der Waals surface area contributed by atoms with Crippen LogP contribution in [0.5, 0.6) is 0 Å². The molecule has 0 spiro atoms. The maximum atomic E-state index is 12.9. The molecule has 2 saturated heterocycles. The highest BCUT2D eigenvalue weighted by Gasteiger charge is 2.38. The maximum Gasteiger partial charge on any atom is 0.253 e. The summed E-state index contributed by atoms with van der Waals surface area (Å²) in [6, 6.07) is 13.1. The smallest absolute Gasteiger partial charge is 0.253 e. The number of aliphatic hydroxyl groups is 1. The molecule has 0 bridgehead atoms. The van der Waals surface area contributed by atoms with Gasteiger partial charge in [0.2, 0.25) is 11.8 Å². The average Bonchev–Trinajstić information content (AvgIpc) is 3.21. The van der Waals surface area contributed by atoms with Gasteiger partial charge in [0.05, 0.1) is 12.7 Å². The number of ether oxygens (including phenoxy) is 1. The van der Waals surface area contributed by atoms with Crippen LogP contribution in [0.2, 0.25) is 5.02 Å². The molecule has 8 nitrogen and oxygen atoms in total. The number of β-amino-alcohol motifs (C(OH)–C–C–N with tert-alkyl or cyclic N) is 1. The molecule has 2 aliphatic rings. The van der Waals surface area contributed by atoms with Crippen LogP contribution in [0.15, 0.2) is 54.6 Å². The van der Waals surface area contributed by atoms with E-state index in [4.69, 9.17) is 16.3 Å². The van der Waals surface area contributed by atoms with Gasteiger partial charge >= 0.3 is 0 Å². The van der Waals surface area contributed by atoms with Gasteiger partial charge in [-0.1, -0.05) is 23.7 Å². The number of benzene rings is 2. The number of hydrogen-bond acceptors (Lipinski definition) is 5. The minimum absolute atomic E-state index is 0.0544. The largest absolute Gasteiger partial charge is 0.391 e. The fraction of sp³-hybridized carbons (Fsp3) is 0.292. The number of nitrogens with zero attached hydrogens (tertiary/aromatic N) is 2. The molecular formula is C24H24ClN3O5. The number of rotatable bonds is 5. The molecule has 2 aromatic carbocycles. The summed E-state index contributed by atoms with van der Waals surface area (Å²) in [4.78, 5) is 40.6. The number of aliphatic hydroxyl groups excluding tert-OH is 1. The van der Waals surface area contributed by atoms with Crippen LogP contribution in [0.3, 0.4) is 0 Å². The van der Waals surface area contributed by atoms with Crippen LogP contribution < -0.4 is 10.2 Å². The molecule has 2 aliphatic heterocycles. The Morgan fingerprint density at radius 1 is 1.12 bits per heavy atom. The highest BCUT2D eigenvalue weighted by molar-refractivity contribution is 6.30. The zero-order valence-electron chi connectivity index (χ0n) is 17.8. The lowest BCUT2D eigenvalue weighted by Crippen LogP contribution is -2.42. The first-order valence-corrected chi connectivity index (χ1v) is 11.0. The van der Waals surface area contributed by atoms with E-state index < -0.39 is 12.1 Å². The minimum Gasteiger partial charge on any atom is -0.391 e. The second-order valence-corrected chi connectivity index (χ2v) is 8.35. The van der Waals surface area contributed by atoms with E-state index in [1.54, 1.807) is 59.5 Å².